The maximum Gasteiger partial charge on any atom is 0.0589 e. The average Bonchev–Trinajstić information content (AvgIpc) is 2.26. The predicted octanol–water partition coefficient (Wildman–Crippen LogP) is 1.73. The van der Waals surface area contributed by atoms with Crippen molar-refractivity contribution in [3.63, 3.8) is 0 Å². The lowest BCUT2D eigenvalue weighted by molar-refractivity contribution is 0.116. The maximum absolute atomic E-state index is 5.16. The van der Waals surface area contributed by atoms with Crippen molar-refractivity contribution in [3.05, 3.63) is 0 Å². The standard InChI is InChI=1S/C12H28N2O/c1-5-12(6-2)14(10-11-15-4)9-8-13-7-3/h12-13H,5-11H2,1-4H3. The van der Waals surface area contributed by atoms with E-state index in [9.17, 15) is 0 Å². The number of hydrogen-bond donors (Lipinski definition) is 1. The molecule has 0 atom stereocenters. The fraction of sp³-hybridized carbons (Fsp3) is 1.00. The van der Waals surface area contributed by atoms with Gasteiger partial charge in [0.15, 0.2) is 0 Å². The third-order valence-electron chi connectivity index (χ3n) is 2.87. The van der Waals surface area contributed by atoms with Gasteiger partial charge in [-0.2, -0.15) is 0 Å². The first-order valence-corrected chi connectivity index (χ1v) is 6.23. The van der Waals surface area contributed by atoms with Gasteiger partial charge in [-0.1, -0.05) is 20.8 Å². The molecule has 92 valence electrons. The molecule has 0 unspecified atom stereocenters. The highest BCUT2D eigenvalue weighted by Gasteiger charge is 2.13. The zero-order valence-corrected chi connectivity index (χ0v) is 10.9. The number of hydrogen-bond acceptors (Lipinski definition) is 3. The van der Waals surface area contributed by atoms with Gasteiger partial charge >= 0.3 is 0 Å². The van der Waals surface area contributed by atoms with E-state index in [1.807, 2.05) is 0 Å². The first-order chi connectivity index (χ1) is 7.29. The number of methoxy groups -OCH3 is 1. The summed E-state index contributed by atoms with van der Waals surface area (Å²) in [6, 6.07) is 0.707. The molecule has 3 heteroatoms. The summed E-state index contributed by atoms with van der Waals surface area (Å²) in [5.41, 5.74) is 0. The summed E-state index contributed by atoms with van der Waals surface area (Å²) < 4.78 is 5.16. The Morgan fingerprint density at radius 1 is 1.13 bits per heavy atom. The summed E-state index contributed by atoms with van der Waals surface area (Å²) in [4.78, 5) is 2.53. The van der Waals surface area contributed by atoms with Crippen molar-refractivity contribution in [2.24, 2.45) is 0 Å². The summed E-state index contributed by atoms with van der Waals surface area (Å²) >= 11 is 0. The molecular formula is C12H28N2O. The number of nitrogens with one attached hydrogen (secondary N) is 1. The molecular weight excluding hydrogens is 188 g/mol. The Labute approximate surface area is 95.2 Å². The van der Waals surface area contributed by atoms with Crippen LogP contribution < -0.4 is 5.32 Å². The zero-order chi connectivity index (χ0) is 11.5. The highest BCUT2D eigenvalue weighted by atomic mass is 16.5. The summed E-state index contributed by atoms with van der Waals surface area (Å²) in [7, 11) is 1.77. The Morgan fingerprint density at radius 2 is 1.80 bits per heavy atom. The van der Waals surface area contributed by atoms with E-state index in [2.05, 4.69) is 31.0 Å². The maximum atomic E-state index is 5.16. The van der Waals surface area contributed by atoms with E-state index >= 15 is 0 Å². The van der Waals surface area contributed by atoms with Crippen molar-refractivity contribution < 1.29 is 4.74 Å². The molecule has 0 aliphatic rings. The van der Waals surface area contributed by atoms with E-state index in [4.69, 9.17) is 4.74 Å². The van der Waals surface area contributed by atoms with Gasteiger partial charge in [0.2, 0.25) is 0 Å². The number of ether oxygens (including phenoxy) is 1. The summed E-state index contributed by atoms with van der Waals surface area (Å²) in [6.45, 7) is 11.8. The van der Waals surface area contributed by atoms with Gasteiger partial charge in [-0.3, -0.25) is 4.90 Å². The minimum absolute atomic E-state index is 0.707. The molecule has 0 spiro atoms. The molecule has 0 aromatic heterocycles. The first kappa shape index (κ1) is 14.9. The van der Waals surface area contributed by atoms with Crippen LogP contribution in [0.5, 0.6) is 0 Å². The molecule has 0 aliphatic heterocycles. The third-order valence-corrected chi connectivity index (χ3v) is 2.87. The molecule has 3 nitrogen and oxygen atoms in total. The molecule has 0 aromatic rings. The van der Waals surface area contributed by atoms with Crippen LogP contribution in [-0.2, 0) is 4.74 Å². The molecule has 0 fully saturated rings. The van der Waals surface area contributed by atoms with Crippen LogP contribution in [0.4, 0.5) is 0 Å². The molecule has 1 N–H and O–H groups in total. The zero-order valence-electron chi connectivity index (χ0n) is 10.9. The van der Waals surface area contributed by atoms with Crippen molar-refractivity contribution in [1.82, 2.24) is 10.2 Å². The SMILES string of the molecule is CCNCCN(CCOC)C(CC)CC. The van der Waals surface area contributed by atoms with Crippen molar-refractivity contribution in [1.29, 1.82) is 0 Å². The Kier molecular flexibility index (Phi) is 10.3. The Hall–Kier alpha value is -0.120. The third kappa shape index (κ3) is 6.88. The molecule has 0 rings (SSSR count). The van der Waals surface area contributed by atoms with Crippen LogP contribution in [0.15, 0.2) is 0 Å². The lowest BCUT2D eigenvalue weighted by Gasteiger charge is -2.30. The highest BCUT2D eigenvalue weighted by Crippen LogP contribution is 2.07. The van der Waals surface area contributed by atoms with Crippen LogP contribution in [0.3, 0.4) is 0 Å². The monoisotopic (exact) mass is 216 g/mol. The van der Waals surface area contributed by atoms with Crippen LogP contribution in [-0.4, -0.2) is 50.8 Å². The van der Waals surface area contributed by atoms with Crippen LogP contribution in [0.2, 0.25) is 0 Å². The fourth-order valence-electron chi connectivity index (χ4n) is 1.89. The van der Waals surface area contributed by atoms with E-state index in [-0.39, 0.29) is 0 Å². The summed E-state index contributed by atoms with van der Waals surface area (Å²) in [6.07, 6.45) is 2.46. The van der Waals surface area contributed by atoms with Crippen LogP contribution >= 0.6 is 0 Å². The predicted molar refractivity (Wildman–Crippen MR) is 66.4 cm³/mol. The molecule has 0 heterocycles. The normalized spacial score (nSPS) is 11.6. The number of nitrogens with zero attached hydrogens (tertiary/aromatic N) is 1. The molecule has 0 radical (unpaired) electrons. The van der Waals surface area contributed by atoms with Gasteiger partial charge in [-0.15, -0.1) is 0 Å². The van der Waals surface area contributed by atoms with Gasteiger partial charge in [0.05, 0.1) is 6.61 Å². The summed E-state index contributed by atoms with van der Waals surface area (Å²) in [5.74, 6) is 0. The van der Waals surface area contributed by atoms with Crippen LogP contribution in [0, 0.1) is 0 Å². The molecule has 0 aliphatic carbocycles. The van der Waals surface area contributed by atoms with Crippen molar-refractivity contribution in [2.45, 2.75) is 39.7 Å². The molecule has 0 saturated heterocycles. The Morgan fingerprint density at radius 3 is 2.27 bits per heavy atom. The van der Waals surface area contributed by atoms with Gasteiger partial charge in [-0.05, 0) is 19.4 Å². The quantitative estimate of drug-likeness (QED) is 0.563. The second-order valence-electron chi connectivity index (χ2n) is 3.85. The van der Waals surface area contributed by atoms with Crippen molar-refractivity contribution in [3.8, 4) is 0 Å². The topological polar surface area (TPSA) is 24.5 Å². The van der Waals surface area contributed by atoms with Crippen molar-refractivity contribution >= 4 is 0 Å². The fourth-order valence-corrected chi connectivity index (χ4v) is 1.89. The van der Waals surface area contributed by atoms with Crippen molar-refractivity contribution in [2.75, 3.05) is 39.9 Å². The molecule has 15 heavy (non-hydrogen) atoms. The van der Waals surface area contributed by atoms with E-state index in [1.54, 1.807) is 7.11 Å². The Bertz CT molecular complexity index is 127. The average molecular weight is 216 g/mol. The van der Waals surface area contributed by atoms with E-state index in [0.29, 0.717) is 6.04 Å². The highest BCUT2D eigenvalue weighted by molar-refractivity contribution is 4.69. The van der Waals surface area contributed by atoms with Gasteiger partial charge in [0.1, 0.15) is 0 Å². The lowest BCUT2D eigenvalue weighted by atomic mass is 10.1. The van der Waals surface area contributed by atoms with Gasteiger partial charge < -0.3 is 10.1 Å². The van der Waals surface area contributed by atoms with Gasteiger partial charge in [0.25, 0.3) is 0 Å². The Balaban J connectivity index is 3.91. The first-order valence-electron chi connectivity index (χ1n) is 6.23. The molecule has 0 amide bonds. The minimum atomic E-state index is 0.707. The van der Waals surface area contributed by atoms with Crippen LogP contribution in [0.1, 0.15) is 33.6 Å². The second-order valence-corrected chi connectivity index (χ2v) is 3.85. The van der Waals surface area contributed by atoms with E-state index < -0.39 is 0 Å². The largest absolute Gasteiger partial charge is 0.383 e. The number of rotatable bonds is 10. The van der Waals surface area contributed by atoms with Crippen LogP contribution in [0.25, 0.3) is 0 Å². The molecule has 0 aromatic carbocycles. The molecule has 0 saturated carbocycles. The second kappa shape index (κ2) is 10.4. The minimum Gasteiger partial charge on any atom is -0.383 e. The number of likely N-dealkylation sites (N-methyl/N-ethyl adjacent to an activating group) is 1. The lowest BCUT2D eigenvalue weighted by Crippen LogP contribution is -2.41. The van der Waals surface area contributed by atoms with Gasteiger partial charge in [-0.25, -0.2) is 0 Å². The smallest absolute Gasteiger partial charge is 0.0589 e. The molecule has 0 bridgehead atoms. The summed E-state index contributed by atoms with van der Waals surface area (Å²) in [5, 5.41) is 3.38. The van der Waals surface area contributed by atoms with E-state index in [0.717, 1.165) is 32.8 Å². The van der Waals surface area contributed by atoms with Gasteiger partial charge in [0, 0.05) is 32.8 Å². The van der Waals surface area contributed by atoms with E-state index in [1.165, 1.54) is 12.8 Å².